The number of imide groups is 1. The molecular formula is C32H51N3O9. The highest BCUT2D eigenvalue weighted by Gasteiger charge is 2.40. The zero-order valence-electron chi connectivity index (χ0n) is 27.5. The highest BCUT2D eigenvalue weighted by atomic mass is 17.2. The van der Waals surface area contributed by atoms with E-state index >= 15 is 0 Å². The molecule has 0 saturated heterocycles. The minimum absolute atomic E-state index is 0.0142. The van der Waals surface area contributed by atoms with E-state index in [9.17, 15) is 24.0 Å². The Morgan fingerprint density at radius 1 is 0.977 bits per heavy atom. The maximum absolute atomic E-state index is 13.5. The smallest absolute Gasteiger partial charge is 0.412 e. The van der Waals surface area contributed by atoms with Crippen LogP contribution in [0.2, 0.25) is 0 Å². The number of anilines is 1. The molecule has 1 rings (SSSR count). The molecule has 0 radical (unpaired) electrons. The summed E-state index contributed by atoms with van der Waals surface area (Å²) in [5.41, 5.74) is 6.38. The second-order valence-corrected chi connectivity index (χ2v) is 12.6. The number of nitrogens with zero attached hydrogens (tertiary/aromatic N) is 1. The van der Waals surface area contributed by atoms with Crippen LogP contribution in [0.5, 0.6) is 0 Å². The van der Waals surface area contributed by atoms with Crippen molar-refractivity contribution < 1.29 is 43.2 Å². The average molecular weight is 622 g/mol. The predicted octanol–water partition coefficient (Wildman–Crippen LogP) is 5.28. The van der Waals surface area contributed by atoms with Crippen LogP contribution in [0.3, 0.4) is 0 Å². The Morgan fingerprint density at radius 3 is 2.25 bits per heavy atom. The van der Waals surface area contributed by atoms with Gasteiger partial charge in [-0.3, -0.25) is 24.7 Å². The molecule has 0 aliphatic carbocycles. The molecule has 0 aliphatic heterocycles. The topological polar surface area (TPSA) is 164 Å². The minimum Gasteiger partial charge on any atom is -0.459 e. The van der Waals surface area contributed by atoms with Crippen LogP contribution >= 0.6 is 0 Å². The molecule has 248 valence electrons. The summed E-state index contributed by atoms with van der Waals surface area (Å²) in [4.78, 5) is 74.9. The third-order valence-electron chi connectivity index (χ3n) is 6.29. The van der Waals surface area contributed by atoms with E-state index in [2.05, 4.69) is 28.9 Å². The molecule has 12 nitrogen and oxygen atoms in total. The number of rotatable bonds is 17. The van der Waals surface area contributed by atoms with E-state index in [0.717, 1.165) is 31.3 Å². The summed E-state index contributed by atoms with van der Waals surface area (Å²) in [6.07, 6.45) is 2.08. The first-order chi connectivity index (χ1) is 20.5. The first kappa shape index (κ1) is 38.5. The van der Waals surface area contributed by atoms with Crippen molar-refractivity contribution in [3.8, 4) is 0 Å². The maximum Gasteiger partial charge on any atom is 0.412 e. The van der Waals surface area contributed by atoms with E-state index in [-0.39, 0.29) is 25.4 Å². The van der Waals surface area contributed by atoms with Gasteiger partial charge in [0.05, 0.1) is 19.6 Å². The van der Waals surface area contributed by atoms with E-state index in [1.165, 1.54) is 0 Å². The third kappa shape index (κ3) is 15.3. The van der Waals surface area contributed by atoms with Crippen LogP contribution in [-0.4, -0.2) is 59.5 Å². The Balaban J connectivity index is 3.21. The quantitative estimate of drug-likeness (QED) is 0.101. The maximum atomic E-state index is 13.5. The van der Waals surface area contributed by atoms with Gasteiger partial charge in [-0.05, 0) is 63.1 Å². The SMILES string of the molecule is COOC(=O)CC(C(=O)OCc1cccc(NC(=O)OC(C)(C)C)c1)N(C(=O)CCCCCC(C)C)C(=O)C(N)CC(C)C. The van der Waals surface area contributed by atoms with Gasteiger partial charge in [-0.15, -0.1) is 0 Å². The monoisotopic (exact) mass is 621 g/mol. The molecule has 3 amide bonds. The number of carbonyl (C=O) groups is 5. The van der Waals surface area contributed by atoms with E-state index in [1.807, 2.05) is 13.8 Å². The van der Waals surface area contributed by atoms with Gasteiger partial charge >= 0.3 is 18.0 Å². The van der Waals surface area contributed by atoms with E-state index < -0.39 is 54.0 Å². The molecule has 2 unspecified atom stereocenters. The van der Waals surface area contributed by atoms with Gasteiger partial charge in [0.1, 0.15) is 18.2 Å². The van der Waals surface area contributed by atoms with E-state index in [4.69, 9.17) is 15.2 Å². The summed E-state index contributed by atoms with van der Waals surface area (Å²) in [5, 5.41) is 2.61. The molecule has 2 atom stereocenters. The number of nitrogens with one attached hydrogen (secondary N) is 1. The number of hydrogen-bond acceptors (Lipinski definition) is 10. The summed E-state index contributed by atoms with van der Waals surface area (Å²) in [6.45, 7) is 12.9. The normalized spacial score (nSPS) is 12.8. The summed E-state index contributed by atoms with van der Waals surface area (Å²) >= 11 is 0. The molecule has 3 N–H and O–H groups in total. The standard InChI is InChI=1S/C32H51N3O9/c1-21(2)13-10-9-11-16-27(36)35(29(38)25(33)17-22(3)4)26(19-28(37)44-41-8)30(39)42-20-23-14-12-15-24(18-23)34-31(40)43-32(5,6)7/h12,14-15,18,21-22,25-26H,9-11,13,16-17,19-20,33H2,1-8H3,(H,34,40). The third-order valence-corrected chi connectivity index (χ3v) is 6.29. The number of benzene rings is 1. The molecule has 0 spiro atoms. The second kappa shape index (κ2) is 19.0. The number of carbonyl (C=O) groups excluding carboxylic acids is 5. The molecule has 1 aromatic rings. The molecule has 1 aromatic carbocycles. The largest absolute Gasteiger partial charge is 0.459 e. The molecule has 44 heavy (non-hydrogen) atoms. The fourth-order valence-corrected chi connectivity index (χ4v) is 4.34. The molecule has 12 heteroatoms. The number of nitrogens with two attached hydrogens (primary N) is 1. The molecule has 0 heterocycles. The Bertz CT molecular complexity index is 1100. The van der Waals surface area contributed by atoms with Crippen molar-refractivity contribution >= 4 is 35.5 Å². The number of ether oxygens (including phenoxy) is 2. The van der Waals surface area contributed by atoms with Crippen LogP contribution in [0, 0.1) is 11.8 Å². The lowest BCUT2D eigenvalue weighted by atomic mass is 10.0. The highest BCUT2D eigenvalue weighted by molar-refractivity contribution is 6.02. The first-order valence-electron chi connectivity index (χ1n) is 15.1. The number of esters is 1. The summed E-state index contributed by atoms with van der Waals surface area (Å²) in [7, 11) is 1.12. The molecule has 0 aliphatic rings. The van der Waals surface area contributed by atoms with Gasteiger partial charge in [0.25, 0.3) is 0 Å². The van der Waals surface area contributed by atoms with Crippen LogP contribution in [-0.2, 0) is 45.0 Å². The van der Waals surface area contributed by atoms with Crippen LogP contribution in [0.15, 0.2) is 24.3 Å². The number of hydrogen-bond donors (Lipinski definition) is 2. The fraction of sp³-hybridized carbons (Fsp3) is 0.656. The molecule has 0 bridgehead atoms. The molecule has 0 saturated carbocycles. The van der Waals surface area contributed by atoms with Crippen LogP contribution in [0.25, 0.3) is 0 Å². The van der Waals surface area contributed by atoms with Crippen molar-refractivity contribution in [2.75, 3.05) is 12.4 Å². The summed E-state index contributed by atoms with van der Waals surface area (Å²) in [6, 6.07) is 3.81. The summed E-state index contributed by atoms with van der Waals surface area (Å²) < 4.78 is 10.8. The summed E-state index contributed by atoms with van der Waals surface area (Å²) in [5.74, 6) is -2.82. The van der Waals surface area contributed by atoms with Crippen molar-refractivity contribution in [2.45, 2.75) is 118 Å². The van der Waals surface area contributed by atoms with Gasteiger partial charge in [0.2, 0.25) is 11.8 Å². The number of unbranched alkanes of at least 4 members (excludes halogenated alkanes) is 2. The van der Waals surface area contributed by atoms with Gasteiger partial charge in [-0.2, -0.15) is 4.89 Å². The molecule has 0 aromatic heterocycles. The lowest BCUT2D eigenvalue weighted by Crippen LogP contribution is -2.55. The van der Waals surface area contributed by atoms with E-state index in [0.29, 0.717) is 23.6 Å². The first-order valence-corrected chi connectivity index (χ1v) is 15.1. The highest BCUT2D eigenvalue weighted by Crippen LogP contribution is 2.19. The fourth-order valence-electron chi connectivity index (χ4n) is 4.34. The predicted molar refractivity (Wildman–Crippen MR) is 165 cm³/mol. The van der Waals surface area contributed by atoms with Crippen LogP contribution < -0.4 is 11.1 Å². The lowest BCUT2D eigenvalue weighted by molar-refractivity contribution is -0.255. The molecular weight excluding hydrogens is 570 g/mol. The zero-order valence-corrected chi connectivity index (χ0v) is 27.5. The van der Waals surface area contributed by atoms with Gasteiger partial charge in [0, 0.05) is 12.1 Å². The second-order valence-electron chi connectivity index (χ2n) is 12.6. The van der Waals surface area contributed by atoms with Gasteiger partial charge in [0.15, 0.2) is 0 Å². The van der Waals surface area contributed by atoms with Gasteiger partial charge in [-0.1, -0.05) is 59.1 Å². The van der Waals surface area contributed by atoms with Crippen LogP contribution in [0.4, 0.5) is 10.5 Å². The zero-order chi connectivity index (χ0) is 33.4. The Hall–Kier alpha value is -3.51. The Morgan fingerprint density at radius 2 is 1.66 bits per heavy atom. The van der Waals surface area contributed by atoms with Crippen molar-refractivity contribution in [1.82, 2.24) is 4.90 Å². The van der Waals surface area contributed by atoms with Crippen LogP contribution in [0.1, 0.15) is 99.0 Å². The van der Waals surface area contributed by atoms with Crippen molar-refractivity contribution in [1.29, 1.82) is 0 Å². The van der Waals surface area contributed by atoms with Gasteiger partial charge in [-0.25, -0.2) is 14.4 Å². The van der Waals surface area contributed by atoms with Crippen molar-refractivity contribution in [2.24, 2.45) is 17.6 Å². The number of amides is 3. The van der Waals surface area contributed by atoms with E-state index in [1.54, 1.807) is 45.0 Å². The van der Waals surface area contributed by atoms with Crippen molar-refractivity contribution in [3.63, 3.8) is 0 Å². The minimum atomic E-state index is -1.63. The van der Waals surface area contributed by atoms with Gasteiger partial charge < -0.3 is 15.2 Å². The molecule has 0 fully saturated rings. The average Bonchev–Trinajstić information content (AvgIpc) is 2.89. The van der Waals surface area contributed by atoms with Crippen molar-refractivity contribution in [3.05, 3.63) is 29.8 Å². The Kier molecular flexibility index (Phi) is 16.6. The lowest BCUT2D eigenvalue weighted by Gasteiger charge is -2.30. The Labute approximate surface area is 261 Å².